The first kappa shape index (κ1) is 15.8. The molecule has 0 saturated carbocycles. The molecule has 0 spiro atoms. The van der Waals surface area contributed by atoms with Gasteiger partial charge in [0, 0.05) is 5.33 Å². The SMILES string of the molecule is O=C(OCc1ccccc1)C(CCBr)Cc1ccccc1. The molecule has 1 atom stereocenters. The monoisotopic (exact) mass is 346 g/mol. The molecule has 0 bridgehead atoms. The fraction of sp³-hybridized carbons (Fsp3) is 0.278. The number of esters is 1. The summed E-state index contributed by atoms with van der Waals surface area (Å²) in [4.78, 5) is 12.3. The maximum atomic E-state index is 12.3. The van der Waals surface area contributed by atoms with Gasteiger partial charge in [-0.05, 0) is 24.0 Å². The fourth-order valence-electron chi connectivity index (χ4n) is 2.18. The first-order valence-corrected chi connectivity index (χ1v) is 8.22. The van der Waals surface area contributed by atoms with E-state index in [9.17, 15) is 4.79 Å². The van der Waals surface area contributed by atoms with E-state index in [1.165, 1.54) is 5.56 Å². The van der Waals surface area contributed by atoms with E-state index in [0.717, 1.165) is 23.7 Å². The Morgan fingerprint density at radius 2 is 1.52 bits per heavy atom. The van der Waals surface area contributed by atoms with Gasteiger partial charge in [-0.15, -0.1) is 0 Å². The van der Waals surface area contributed by atoms with Crippen molar-refractivity contribution >= 4 is 21.9 Å². The fourth-order valence-corrected chi connectivity index (χ4v) is 2.73. The van der Waals surface area contributed by atoms with Crippen LogP contribution < -0.4 is 0 Å². The summed E-state index contributed by atoms with van der Waals surface area (Å²) in [5, 5.41) is 0.797. The third-order valence-corrected chi connectivity index (χ3v) is 3.80. The van der Waals surface area contributed by atoms with Crippen molar-refractivity contribution in [1.82, 2.24) is 0 Å². The molecule has 0 saturated heterocycles. The van der Waals surface area contributed by atoms with Gasteiger partial charge in [-0.1, -0.05) is 76.6 Å². The van der Waals surface area contributed by atoms with Crippen LogP contribution in [-0.2, 0) is 22.6 Å². The summed E-state index contributed by atoms with van der Waals surface area (Å²) in [5.74, 6) is -0.224. The standard InChI is InChI=1S/C18H19BrO2/c19-12-11-17(13-15-7-3-1-4-8-15)18(20)21-14-16-9-5-2-6-10-16/h1-10,17H,11-14H2. The molecule has 110 valence electrons. The zero-order valence-corrected chi connectivity index (χ0v) is 13.5. The smallest absolute Gasteiger partial charge is 0.309 e. The van der Waals surface area contributed by atoms with Crippen LogP contribution in [0.1, 0.15) is 17.5 Å². The molecule has 21 heavy (non-hydrogen) atoms. The largest absolute Gasteiger partial charge is 0.461 e. The molecule has 0 aliphatic rings. The molecule has 0 fully saturated rings. The van der Waals surface area contributed by atoms with Crippen molar-refractivity contribution in [2.75, 3.05) is 5.33 Å². The van der Waals surface area contributed by atoms with Gasteiger partial charge < -0.3 is 4.74 Å². The first-order valence-electron chi connectivity index (χ1n) is 7.10. The zero-order chi connectivity index (χ0) is 14.9. The Hall–Kier alpha value is -1.61. The average Bonchev–Trinajstić information content (AvgIpc) is 2.54. The summed E-state index contributed by atoms with van der Waals surface area (Å²) in [5.41, 5.74) is 2.18. The van der Waals surface area contributed by atoms with Gasteiger partial charge in [-0.2, -0.15) is 0 Å². The predicted octanol–water partition coefficient (Wildman–Crippen LogP) is 4.37. The van der Waals surface area contributed by atoms with Gasteiger partial charge in [0.25, 0.3) is 0 Å². The van der Waals surface area contributed by atoms with Crippen LogP contribution in [-0.4, -0.2) is 11.3 Å². The Morgan fingerprint density at radius 1 is 0.952 bits per heavy atom. The van der Waals surface area contributed by atoms with Gasteiger partial charge in [-0.25, -0.2) is 0 Å². The van der Waals surface area contributed by atoms with Crippen molar-refractivity contribution < 1.29 is 9.53 Å². The second kappa shape index (κ2) is 8.63. The molecule has 0 aliphatic heterocycles. The summed E-state index contributed by atoms with van der Waals surface area (Å²) in [6, 6.07) is 19.8. The van der Waals surface area contributed by atoms with Crippen molar-refractivity contribution in [2.45, 2.75) is 19.4 Å². The highest BCUT2D eigenvalue weighted by molar-refractivity contribution is 9.09. The van der Waals surface area contributed by atoms with Crippen LogP contribution >= 0.6 is 15.9 Å². The molecule has 0 aromatic heterocycles. The molecule has 0 amide bonds. The average molecular weight is 347 g/mol. The number of alkyl halides is 1. The van der Waals surface area contributed by atoms with Gasteiger partial charge in [0.2, 0.25) is 0 Å². The summed E-state index contributed by atoms with van der Waals surface area (Å²) < 4.78 is 5.46. The second-order valence-electron chi connectivity index (χ2n) is 4.96. The summed E-state index contributed by atoms with van der Waals surface area (Å²) in [6.07, 6.45) is 1.50. The molecule has 0 heterocycles. The van der Waals surface area contributed by atoms with Gasteiger partial charge in [0.05, 0.1) is 5.92 Å². The molecular weight excluding hydrogens is 328 g/mol. The number of hydrogen-bond acceptors (Lipinski definition) is 2. The maximum absolute atomic E-state index is 12.3. The van der Waals surface area contributed by atoms with Gasteiger partial charge in [-0.3, -0.25) is 4.79 Å². The van der Waals surface area contributed by atoms with Crippen molar-refractivity contribution in [1.29, 1.82) is 0 Å². The quantitative estimate of drug-likeness (QED) is 0.549. The summed E-state index contributed by atoms with van der Waals surface area (Å²) in [6.45, 7) is 0.341. The van der Waals surface area contributed by atoms with E-state index in [1.54, 1.807) is 0 Å². The number of carbonyl (C=O) groups excluding carboxylic acids is 1. The van der Waals surface area contributed by atoms with Crippen LogP contribution in [0.2, 0.25) is 0 Å². The predicted molar refractivity (Wildman–Crippen MR) is 88.3 cm³/mol. The number of hydrogen-bond donors (Lipinski definition) is 0. The van der Waals surface area contributed by atoms with Crippen molar-refractivity contribution in [2.24, 2.45) is 5.92 Å². The van der Waals surface area contributed by atoms with Crippen LogP contribution in [0.15, 0.2) is 60.7 Å². The van der Waals surface area contributed by atoms with Crippen LogP contribution in [0.3, 0.4) is 0 Å². The van der Waals surface area contributed by atoms with Crippen molar-refractivity contribution in [3.63, 3.8) is 0 Å². The van der Waals surface area contributed by atoms with E-state index in [0.29, 0.717) is 6.61 Å². The molecule has 2 rings (SSSR count). The lowest BCUT2D eigenvalue weighted by Crippen LogP contribution is -2.20. The minimum absolute atomic E-state index is 0.101. The second-order valence-corrected chi connectivity index (χ2v) is 5.75. The normalized spacial score (nSPS) is 11.9. The molecular formula is C18H19BrO2. The Balaban J connectivity index is 1.92. The van der Waals surface area contributed by atoms with Crippen molar-refractivity contribution in [3.8, 4) is 0 Å². The maximum Gasteiger partial charge on any atom is 0.309 e. The number of benzene rings is 2. The highest BCUT2D eigenvalue weighted by atomic mass is 79.9. The minimum Gasteiger partial charge on any atom is -0.461 e. The molecule has 0 N–H and O–H groups in total. The van der Waals surface area contributed by atoms with E-state index in [-0.39, 0.29) is 11.9 Å². The third-order valence-electron chi connectivity index (χ3n) is 3.34. The molecule has 0 aliphatic carbocycles. The number of ether oxygens (including phenoxy) is 1. The Kier molecular flexibility index (Phi) is 6.48. The topological polar surface area (TPSA) is 26.3 Å². The molecule has 3 heteroatoms. The molecule has 2 aromatic rings. The number of carbonyl (C=O) groups is 1. The van der Waals surface area contributed by atoms with E-state index in [4.69, 9.17) is 4.74 Å². The van der Waals surface area contributed by atoms with Crippen LogP contribution in [0.4, 0.5) is 0 Å². The van der Waals surface area contributed by atoms with E-state index < -0.39 is 0 Å². The lowest BCUT2D eigenvalue weighted by Gasteiger charge is -2.15. The summed E-state index contributed by atoms with van der Waals surface area (Å²) in [7, 11) is 0. The molecule has 2 aromatic carbocycles. The molecule has 2 nitrogen and oxygen atoms in total. The Morgan fingerprint density at radius 3 is 2.10 bits per heavy atom. The highest BCUT2D eigenvalue weighted by Gasteiger charge is 2.20. The summed E-state index contributed by atoms with van der Waals surface area (Å²) >= 11 is 3.42. The lowest BCUT2D eigenvalue weighted by atomic mass is 9.97. The van der Waals surface area contributed by atoms with E-state index >= 15 is 0 Å². The van der Waals surface area contributed by atoms with Crippen LogP contribution in [0.5, 0.6) is 0 Å². The zero-order valence-electron chi connectivity index (χ0n) is 11.9. The number of halogens is 1. The van der Waals surface area contributed by atoms with Crippen LogP contribution in [0.25, 0.3) is 0 Å². The highest BCUT2D eigenvalue weighted by Crippen LogP contribution is 2.16. The van der Waals surface area contributed by atoms with Gasteiger partial charge in [0.1, 0.15) is 6.61 Å². The van der Waals surface area contributed by atoms with E-state index in [2.05, 4.69) is 15.9 Å². The molecule has 0 radical (unpaired) electrons. The van der Waals surface area contributed by atoms with E-state index in [1.807, 2.05) is 60.7 Å². The minimum atomic E-state index is -0.123. The third kappa shape index (κ3) is 5.35. The van der Waals surface area contributed by atoms with Gasteiger partial charge in [0.15, 0.2) is 0 Å². The molecule has 1 unspecified atom stereocenters. The van der Waals surface area contributed by atoms with Gasteiger partial charge >= 0.3 is 5.97 Å². The lowest BCUT2D eigenvalue weighted by molar-refractivity contribution is -0.149. The van der Waals surface area contributed by atoms with Crippen molar-refractivity contribution in [3.05, 3.63) is 71.8 Å². The Bertz CT molecular complexity index is 540. The number of rotatable bonds is 7. The first-order chi connectivity index (χ1) is 10.3. The van der Waals surface area contributed by atoms with Crippen LogP contribution in [0, 0.1) is 5.92 Å². The Labute approximate surface area is 134 Å².